The first kappa shape index (κ1) is 11.1. The van der Waals surface area contributed by atoms with Crippen LogP contribution in [0.15, 0.2) is 24.3 Å². The minimum atomic E-state index is 0.567. The highest BCUT2D eigenvalue weighted by Crippen LogP contribution is 2.37. The van der Waals surface area contributed by atoms with E-state index in [0.717, 1.165) is 11.3 Å². The van der Waals surface area contributed by atoms with E-state index in [0.29, 0.717) is 16.0 Å². The van der Waals surface area contributed by atoms with E-state index in [2.05, 4.69) is 16.3 Å². The summed E-state index contributed by atoms with van der Waals surface area (Å²) in [6.07, 6.45) is 3.86. The first-order chi connectivity index (χ1) is 8.24. The normalized spacial score (nSPS) is 15.9. The van der Waals surface area contributed by atoms with E-state index in [1.165, 1.54) is 25.0 Å². The summed E-state index contributed by atoms with van der Waals surface area (Å²) >= 11 is 11.9. The van der Waals surface area contributed by atoms with Gasteiger partial charge in [-0.05, 0) is 31.0 Å². The molecule has 0 bridgehead atoms. The van der Waals surface area contributed by atoms with E-state index in [4.69, 9.17) is 23.2 Å². The lowest BCUT2D eigenvalue weighted by Crippen LogP contribution is -2.08. The van der Waals surface area contributed by atoms with Crippen molar-refractivity contribution >= 4 is 23.2 Å². The second-order valence-corrected chi connectivity index (χ2v) is 5.28. The molecule has 0 spiro atoms. The smallest absolute Gasteiger partial charge is 0.0924 e. The molecular formula is C13H12Cl2N2. The molecular weight excluding hydrogens is 255 g/mol. The minimum Gasteiger partial charge on any atom is -0.282 e. The molecule has 88 valence electrons. The number of hydrogen-bond donors (Lipinski definition) is 1. The van der Waals surface area contributed by atoms with Crippen LogP contribution in [0.3, 0.4) is 0 Å². The minimum absolute atomic E-state index is 0.567. The summed E-state index contributed by atoms with van der Waals surface area (Å²) < 4.78 is 0. The van der Waals surface area contributed by atoms with Crippen molar-refractivity contribution in [2.24, 2.45) is 0 Å². The molecule has 4 heteroatoms. The number of rotatable bonds is 2. The van der Waals surface area contributed by atoms with Crippen LogP contribution >= 0.6 is 23.2 Å². The quantitative estimate of drug-likeness (QED) is 0.842. The molecule has 1 N–H and O–H groups in total. The van der Waals surface area contributed by atoms with Gasteiger partial charge in [-0.25, -0.2) is 0 Å². The predicted octanol–water partition coefficient (Wildman–Crippen LogP) is 4.65. The molecule has 3 rings (SSSR count). The van der Waals surface area contributed by atoms with Gasteiger partial charge in [-0.3, -0.25) is 5.10 Å². The zero-order chi connectivity index (χ0) is 11.8. The summed E-state index contributed by atoms with van der Waals surface area (Å²) in [6.45, 7) is 0. The Morgan fingerprint density at radius 3 is 2.59 bits per heavy atom. The maximum Gasteiger partial charge on any atom is 0.0924 e. The van der Waals surface area contributed by atoms with Crippen LogP contribution in [0.25, 0.3) is 11.3 Å². The summed E-state index contributed by atoms with van der Waals surface area (Å²) in [5.74, 6) is 0.666. The topological polar surface area (TPSA) is 28.7 Å². The van der Waals surface area contributed by atoms with Crippen LogP contribution in [0.4, 0.5) is 0 Å². The van der Waals surface area contributed by atoms with E-state index >= 15 is 0 Å². The molecule has 17 heavy (non-hydrogen) atoms. The Labute approximate surface area is 110 Å². The molecule has 1 saturated carbocycles. The molecule has 0 amide bonds. The lowest BCUT2D eigenvalue weighted by atomic mass is 9.83. The Bertz CT molecular complexity index is 544. The molecule has 1 aromatic carbocycles. The molecule has 0 saturated heterocycles. The fourth-order valence-electron chi connectivity index (χ4n) is 2.07. The third-order valence-corrected chi connectivity index (χ3v) is 4.10. The zero-order valence-electron chi connectivity index (χ0n) is 9.21. The Hall–Kier alpha value is -0.990. The third kappa shape index (κ3) is 2.07. The van der Waals surface area contributed by atoms with E-state index in [1.807, 2.05) is 12.1 Å². The van der Waals surface area contributed by atoms with Crippen LogP contribution in [0, 0.1) is 0 Å². The van der Waals surface area contributed by atoms with Gasteiger partial charge in [0.25, 0.3) is 0 Å². The first-order valence-electron chi connectivity index (χ1n) is 5.75. The highest BCUT2D eigenvalue weighted by molar-refractivity contribution is 6.42. The lowest BCUT2D eigenvalue weighted by molar-refractivity contribution is 0.410. The van der Waals surface area contributed by atoms with Crippen molar-refractivity contribution in [1.29, 1.82) is 0 Å². The van der Waals surface area contributed by atoms with Crippen molar-refractivity contribution in [2.75, 3.05) is 0 Å². The van der Waals surface area contributed by atoms with Gasteiger partial charge >= 0.3 is 0 Å². The van der Waals surface area contributed by atoms with Crippen molar-refractivity contribution in [1.82, 2.24) is 10.2 Å². The van der Waals surface area contributed by atoms with Gasteiger partial charge in [-0.1, -0.05) is 35.7 Å². The Balaban J connectivity index is 1.92. The lowest BCUT2D eigenvalue weighted by Gasteiger charge is -2.23. The number of nitrogens with one attached hydrogen (secondary N) is 1. The summed E-state index contributed by atoms with van der Waals surface area (Å²) in [5, 5.41) is 8.59. The van der Waals surface area contributed by atoms with Crippen LogP contribution in [0.2, 0.25) is 10.0 Å². The van der Waals surface area contributed by atoms with Gasteiger partial charge in [0.05, 0.1) is 15.7 Å². The van der Waals surface area contributed by atoms with Gasteiger partial charge in [0.2, 0.25) is 0 Å². The van der Waals surface area contributed by atoms with Gasteiger partial charge in [0, 0.05) is 17.2 Å². The molecule has 1 aliphatic rings. The summed E-state index contributed by atoms with van der Waals surface area (Å²) in [6, 6.07) is 7.71. The maximum absolute atomic E-state index is 6.00. The summed E-state index contributed by atoms with van der Waals surface area (Å²) in [4.78, 5) is 0. The third-order valence-electron chi connectivity index (χ3n) is 3.36. The average molecular weight is 267 g/mol. The number of benzene rings is 1. The molecule has 2 nitrogen and oxygen atoms in total. The molecule has 0 unspecified atom stereocenters. The maximum atomic E-state index is 6.00. The van der Waals surface area contributed by atoms with Crippen LogP contribution < -0.4 is 0 Å². The molecule has 1 aromatic heterocycles. The van der Waals surface area contributed by atoms with Gasteiger partial charge in [0.1, 0.15) is 0 Å². The Morgan fingerprint density at radius 1 is 1.12 bits per heavy atom. The molecule has 1 fully saturated rings. The number of hydrogen-bond acceptors (Lipinski definition) is 1. The average Bonchev–Trinajstić information content (AvgIpc) is 2.69. The highest BCUT2D eigenvalue weighted by Gasteiger charge is 2.21. The molecule has 0 atom stereocenters. The SMILES string of the molecule is Clc1ccc(-c2cc(C3CCC3)[nH]n2)cc1Cl. The van der Waals surface area contributed by atoms with E-state index in [-0.39, 0.29) is 0 Å². The number of H-pyrrole nitrogens is 1. The van der Waals surface area contributed by atoms with E-state index < -0.39 is 0 Å². The second kappa shape index (κ2) is 4.35. The Kier molecular flexibility index (Phi) is 2.85. The molecule has 0 radical (unpaired) electrons. The van der Waals surface area contributed by atoms with Crippen molar-refractivity contribution in [3.63, 3.8) is 0 Å². The van der Waals surface area contributed by atoms with E-state index in [1.54, 1.807) is 6.07 Å². The number of halogens is 2. The molecule has 1 heterocycles. The molecule has 2 aromatic rings. The van der Waals surface area contributed by atoms with Gasteiger partial charge in [-0.2, -0.15) is 5.10 Å². The van der Waals surface area contributed by atoms with E-state index in [9.17, 15) is 0 Å². The predicted molar refractivity (Wildman–Crippen MR) is 70.6 cm³/mol. The Morgan fingerprint density at radius 2 is 1.94 bits per heavy atom. The number of aromatic amines is 1. The van der Waals surface area contributed by atoms with Gasteiger partial charge < -0.3 is 0 Å². The number of aromatic nitrogens is 2. The first-order valence-corrected chi connectivity index (χ1v) is 6.50. The fourth-order valence-corrected chi connectivity index (χ4v) is 2.37. The molecule has 1 aliphatic carbocycles. The largest absolute Gasteiger partial charge is 0.282 e. The summed E-state index contributed by atoms with van der Waals surface area (Å²) in [7, 11) is 0. The number of nitrogens with zero attached hydrogens (tertiary/aromatic N) is 1. The van der Waals surface area contributed by atoms with Gasteiger partial charge in [0.15, 0.2) is 0 Å². The highest BCUT2D eigenvalue weighted by atomic mass is 35.5. The van der Waals surface area contributed by atoms with Gasteiger partial charge in [-0.15, -0.1) is 0 Å². The monoisotopic (exact) mass is 266 g/mol. The molecule has 0 aliphatic heterocycles. The van der Waals surface area contributed by atoms with Crippen molar-refractivity contribution < 1.29 is 0 Å². The van der Waals surface area contributed by atoms with Crippen molar-refractivity contribution in [3.8, 4) is 11.3 Å². The van der Waals surface area contributed by atoms with Crippen molar-refractivity contribution in [2.45, 2.75) is 25.2 Å². The van der Waals surface area contributed by atoms with Crippen LogP contribution in [0.5, 0.6) is 0 Å². The second-order valence-electron chi connectivity index (χ2n) is 4.47. The zero-order valence-corrected chi connectivity index (χ0v) is 10.7. The standard InChI is InChI=1S/C13H12Cl2N2/c14-10-5-4-9(6-11(10)15)13-7-12(16-17-13)8-2-1-3-8/h4-8H,1-3H2,(H,16,17). The van der Waals surface area contributed by atoms with Crippen molar-refractivity contribution in [3.05, 3.63) is 40.0 Å². The van der Waals surface area contributed by atoms with Crippen LogP contribution in [-0.2, 0) is 0 Å². The van der Waals surface area contributed by atoms with Crippen LogP contribution in [-0.4, -0.2) is 10.2 Å². The fraction of sp³-hybridized carbons (Fsp3) is 0.308. The summed E-state index contributed by atoms with van der Waals surface area (Å²) in [5.41, 5.74) is 3.17. The van der Waals surface area contributed by atoms with Crippen LogP contribution in [0.1, 0.15) is 30.9 Å².